The molecule has 2 aromatic carbocycles. The van der Waals surface area contributed by atoms with Crippen molar-refractivity contribution in [1.29, 1.82) is 0 Å². The second-order valence-electron chi connectivity index (χ2n) is 3.72. The number of benzene rings is 2. The number of halogens is 3. The number of hydrogen-bond donors (Lipinski definition) is 1. The van der Waals surface area contributed by atoms with Crippen molar-refractivity contribution in [3.63, 3.8) is 0 Å². The highest BCUT2D eigenvalue weighted by molar-refractivity contribution is 6.42. The summed E-state index contributed by atoms with van der Waals surface area (Å²) >= 11 is 17.6. The smallest absolute Gasteiger partial charge is 0.142 e. The molecular formula is C13H10Cl3NO. The quantitative estimate of drug-likeness (QED) is 0.826. The van der Waals surface area contributed by atoms with E-state index in [0.717, 1.165) is 5.56 Å². The largest absolute Gasteiger partial charge is 0.487 e. The van der Waals surface area contributed by atoms with Crippen molar-refractivity contribution in [2.24, 2.45) is 0 Å². The van der Waals surface area contributed by atoms with Crippen LogP contribution in [0.1, 0.15) is 5.56 Å². The molecule has 0 aliphatic carbocycles. The van der Waals surface area contributed by atoms with Crippen LogP contribution in [0, 0.1) is 0 Å². The highest BCUT2D eigenvalue weighted by atomic mass is 35.5. The van der Waals surface area contributed by atoms with Gasteiger partial charge in [-0.1, -0.05) is 40.9 Å². The third-order valence-corrected chi connectivity index (χ3v) is 3.32. The van der Waals surface area contributed by atoms with Gasteiger partial charge in [0, 0.05) is 5.02 Å². The maximum absolute atomic E-state index is 5.92. The minimum atomic E-state index is 0.364. The number of hydrogen-bond acceptors (Lipinski definition) is 2. The van der Waals surface area contributed by atoms with Gasteiger partial charge in [-0.2, -0.15) is 0 Å². The summed E-state index contributed by atoms with van der Waals surface area (Å²) in [5.74, 6) is 0.588. The first-order valence-electron chi connectivity index (χ1n) is 5.18. The van der Waals surface area contributed by atoms with Crippen LogP contribution in [0.3, 0.4) is 0 Å². The van der Waals surface area contributed by atoms with E-state index in [4.69, 9.17) is 45.3 Å². The molecule has 0 aliphatic heterocycles. The summed E-state index contributed by atoms with van der Waals surface area (Å²) in [5, 5.41) is 1.60. The molecule has 94 valence electrons. The van der Waals surface area contributed by atoms with Crippen LogP contribution in [0.4, 0.5) is 5.69 Å². The van der Waals surface area contributed by atoms with Gasteiger partial charge in [0.1, 0.15) is 12.4 Å². The topological polar surface area (TPSA) is 35.2 Å². The van der Waals surface area contributed by atoms with E-state index < -0.39 is 0 Å². The average Bonchev–Trinajstić information content (AvgIpc) is 2.32. The third kappa shape index (κ3) is 3.22. The lowest BCUT2D eigenvalue weighted by Crippen LogP contribution is -1.98. The second kappa shape index (κ2) is 5.70. The standard InChI is InChI=1S/C13H10Cl3NO/c14-9-2-4-13(12(17)6-9)18-7-8-1-3-10(15)11(16)5-8/h1-6H,7,17H2. The van der Waals surface area contributed by atoms with Crippen molar-refractivity contribution in [3.05, 3.63) is 57.0 Å². The number of rotatable bonds is 3. The maximum atomic E-state index is 5.92. The average molecular weight is 303 g/mol. The van der Waals surface area contributed by atoms with Crippen molar-refractivity contribution in [2.75, 3.05) is 5.73 Å². The molecule has 0 atom stereocenters. The normalized spacial score (nSPS) is 10.4. The first-order valence-corrected chi connectivity index (χ1v) is 6.31. The van der Waals surface area contributed by atoms with Crippen LogP contribution < -0.4 is 10.5 Å². The zero-order chi connectivity index (χ0) is 13.1. The Kier molecular flexibility index (Phi) is 4.23. The van der Waals surface area contributed by atoms with Gasteiger partial charge < -0.3 is 10.5 Å². The van der Waals surface area contributed by atoms with Crippen LogP contribution in [-0.4, -0.2) is 0 Å². The Morgan fingerprint density at radius 2 is 1.72 bits per heavy atom. The Labute approximate surface area is 120 Å². The molecule has 0 saturated heterocycles. The highest BCUT2D eigenvalue weighted by Gasteiger charge is 2.03. The van der Waals surface area contributed by atoms with E-state index in [2.05, 4.69) is 0 Å². The van der Waals surface area contributed by atoms with E-state index in [1.165, 1.54) is 0 Å². The Bertz CT molecular complexity index is 572. The molecule has 0 saturated carbocycles. The van der Waals surface area contributed by atoms with Gasteiger partial charge in [-0.05, 0) is 35.9 Å². The molecule has 5 heteroatoms. The summed E-state index contributed by atoms with van der Waals surface area (Å²) in [4.78, 5) is 0. The second-order valence-corrected chi connectivity index (χ2v) is 4.97. The molecule has 0 radical (unpaired) electrons. The van der Waals surface area contributed by atoms with Crippen molar-refractivity contribution in [3.8, 4) is 5.75 Å². The molecule has 0 bridgehead atoms. The number of anilines is 1. The lowest BCUT2D eigenvalue weighted by Gasteiger charge is -2.09. The van der Waals surface area contributed by atoms with Crippen molar-refractivity contribution < 1.29 is 4.74 Å². The molecule has 0 aromatic heterocycles. The molecule has 0 spiro atoms. The monoisotopic (exact) mass is 301 g/mol. The Hall–Kier alpha value is -1.09. The number of nitrogens with two attached hydrogens (primary N) is 1. The Balaban J connectivity index is 2.09. The van der Waals surface area contributed by atoms with Gasteiger partial charge in [0.15, 0.2) is 0 Å². The SMILES string of the molecule is Nc1cc(Cl)ccc1OCc1ccc(Cl)c(Cl)c1. The number of ether oxygens (including phenoxy) is 1. The first kappa shape index (κ1) is 13.3. The Morgan fingerprint density at radius 3 is 2.39 bits per heavy atom. The zero-order valence-electron chi connectivity index (χ0n) is 9.29. The number of nitrogen functional groups attached to an aromatic ring is 1. The molecule has 2 N–H and O–H groups in total. The first-order chi connectivity index (χ1) is 8.56. The van der Waals surface area contributed by atoms with E-state index in [1.54, 1.807) is 30.3 Å². The lowest BCUT2D eigenvalue weighted by atomic mass is 10.2. The van der Waals surface area contributed by atoms with Crippen LogP contribution in [-0.2, 0) is 6.61 Å². The van der Waals surface area contributed by atoms with Gasteiger partial charge in [0.05, 0.1) is 15.7 Å². The van der Waals surface area contributed by atoms with Crippen molar-refractivity contribution in [2.45, 2.75) is 6.61 Å². The minimum absolute atomic E-state index is 0.364. The summed E-state index contributed by atoms with van der Waals surface area (Å²) in [6.07, 6.45) is 0. The van der Waals surface area contributed by atoms with E-state index in [0.29, 0.717) is 33.1 Å². The van der Waals surface area contributed by atoms with Gasteiger partial charge in [-0.15, -0.1) is 0 Å². The van der Waals surface area contributed by atoms with Crippen LogP contribution in [0.5, 0.6) is 5.75 Å². The van der Waals surface area contributed by atoms with E-state index in [9.17, 15) is 0 Å². The van der Waals surface area contributed by atoms with Gasteiger partial charge in [-0.25, -0.2) is 0 Å². The molecule has 2 aromatic rings. The van der Waals surface area contributed by atoms with Gasteiger partial charge in [0.2, 0.25) is 0 Å². The van der Waals surface area contributed by atoms with Crippen LogP contribution in [0.15, 0.2) is 36.4 Å². The molecular weight excluding hydrogens is 293 g/mol. The molecule has 0 unspecified atom stereocenters. The summed E-state index contributed by atoms with van der Waals surface area (Å²) in [7, 11) is 0. The van der Waals surface area contributed by atoms with Gasteiger partial charge >= 0.3 is 0 Å². The van der Waals surface area contributed by atoms with Gasteiger partial charge in [0.25, 0.3) is 0 Å². The fourth-order valence-electron chi connectivity index (χ4n) is 1.44. The summed E-state index contributed by atoms with van der Waals surface area (Å²) in [6.45, 7) is 0.364. The molecule has 2 rings (SSSR count). The summed E-state index contributed by atoms with van der Waals surface area (Å²) in [5.41, 5.74) is 7.20. The van der Waals surface area contributed by atoms with Crippen molar-refractivity contribution >= 4 is 40.5 Å². The van der Waals surface area contributed by atoms with E-state index in [1.807, 2.05) is 6.07 Å². The van der Waals surface area contributed by atoms with E-state index >= 15 is 0 Å². The summed E-state index contributed by atoms with van der Waals surface area (Å²) in [6, 6.07) is 10.4. The summed E-state index contributed by atoms with van der Waals surface area (Å²) < 4.78 is 5.59. The fraction of sp³-hybridized carbons (Fsp3) is 0.0769. The minimum Gasteiger partial charge on any atom is -0.487 e. The zero-order valence-corrected chi connectivity index (χ0v) is 11.6. The van der Waals surface area contributed by atoms with Crippen LogP contribution in [0.2, 0.25) is 15.1 Å². The molecule has 18 heavy (non-hydrogen) atoms. The highest BCUT2D eigenvalue weighted by Crippen LogP contribution is 2.27. The third-order valence-electron chi connectivity index (χ3n) is 2.35. The van der Waals surface area contributed by atoms with E-state index in [-0.39, 0.29) is 0 Å². The molecule has 2 nitrogen and oxygen atoms in total. The van der Waals surface area contributed by atoms with Crippen LogP contribution >= 0.6 is 34.8 Å². The molecule has 0 aliphatic rings. The molecule has 0 fully saturated rings. The maximum Gasteiger partial charge on any atom is 0.142 e. The lowest BCUT2D eigenvalue weighted by molar-refractivity contribution is 0.308. The molecule has 0 amide bonds. The molecule has 0 heterocycles. The fourth-order valence-corrected chi connectivity index (χ4v) is 1.94. The van der Waals surface area contributed by atoms with Crippen LogP contribution in [0.25, 0.3) is 0 Å². The predicted molar refractivity (Wildman–Crippen MR) is 76.7 cm³/mol. The van der Waals surface area contributed by atoms with Gasteiger partial charge in [-0.3, -0.25) is 0 Å². The predicted octanol–water partition coefficient (Wildman–Crippen LogP) is 4.81. The van der Waals surface area contributed by atoms with Crippen molar-refractivity contribution in [1.82, 2.24) is 0 Å². The Morgan fingerprint density at radius 1 is 0.944 bits per heavy atom.